The minimum absolute atomic E-state index is 0.128. The zero-order valence-corrected chi connectivity index (χ0v) is 10.9. The molecule has 0 spiro atoms. The van der Waals surface area contributed by atoms with Crippen LogP contribution in [0.1, 0.15) is 6.92 Å². The Morgan fingerprint density at radius 3 is 2.70 bits per heavy atom. The number of nitrogens with zero attached hydrogens (tertiary/aromatic N) is 3. The van der Waals surface area contributed by atoms with E-state index in [4.69, 9.17) is 5.26 Å². The van der Waals surface area contributed by atoms with Crippen molar-refractivity contribution in [3.63, 3.8) is 0 Å². The first-order chi connectivity index (χ1) is 9.67. The van der Waals surface area contributed by atoms with Crippen molar-refractivity contribution in [1.29, 1.82) is 5.26 Å². The molecule has 104 valence electrons. The predicted molar refractivity (Wildman–Crippen MR) is 70.1 cm³/mol. The van der Waals surface area contributed by atoms with Gasteiger partial charge in [-0.1, -0.05) is 18.2 Å². The summed E-state index contributed by atoms with van der Waals surface area (Å²) in [6.07, 6.45) is -0.877. The summed E-state index contributed by atoms with van der Waals surface area (Å²) in [5.41, 5.74) is 0.620. The van der Waals surface area contributed by atoms with E-state index < -0.39 is 17.9 Å². The third kappa shape index (κ3) is 5.27. The van der Waals surface area contributed by atoms with Gasteiger partial charge in [-0.25, -0.2) is 4.79 Å². The number of hydrogen-bond donors (Lipinski definition) is 1. The number of carbonyl (C=O) groups is 2. The molecule has 0 aliphatic carbocycles. The number of imide groups is 1. The van der Waals surface area contributed by atoms with Crippen LogP contribution in [0.2, 0.25) is 0 Å². The Kier molecular flexibility index (Phi) is 6.41. The molecule has 1 unspecified atom stereocenters. The minimum atomic E-state index is -1.09. The van der Waals surface area contributed by atoms with E-state index in [9.17, 15) is 9.59 Å². The number of nitriles is 1. The zero-order chi connectivity index (χ0) is 14.8. The van der Waals surface area contributed by atoms with E-state index in [2.05, 4.69) is 15.0 Å². The number of azo groups is 1. The smallest absolute Gasteiger partial charge is 0.413 e. The van der Waals surface area contributed by atoms with Crippen LogP contribution in [-0.2, 0) is 9.53 Å². The highest BCUT2D eigenvalue weighted by molar-refractivity contribution is 5.94. The van der Waals surface area contributed by atoms with Crippen LogP contribution in [-0.4, -0.2) is 25.2 Å². The van der Waals surface area contributed by atoms with Gasteiger partial charge in [0.2, 0.25) is 5.91 Å². The first kappa shape index (κ1) is 15.3. The Morgan fingerprint density at radius 2 is 2.10 bits per heavy atom. The number of rotatable bonds is 5. The molecular formula is C13H14N4O3. The van der Waals surface area contributed by atoms with E-state index in [0.717, 1.165) is 0 Å². The maximum atomic E-state index is 11.6. The molecule has 0 aliphatic rings. The average Bonchev–Trinajstić information content (AvgIpc) is 2.44. The second-order valence-electron chi connectivity index (χ2n) is 3.65. The zero-order valence-electron chi connectivity index (χ0n) is 10.9. The second-order valence-corrected chi connectivity index (χ2v) is 3.65. The number of alkyl carbamates (subject to hydrolysis) is 1. The fourth-order valence-electron chi connectivity index (χ4n) is 1.24. The Bertz CT molecular complexity index is 522. The van der Waals surface area contributed by atoms with E-state index in [-0.39, 0.29) is 13.2 Å². The molecule has 2 amide bonds. The monoisotopic (exact) mass is 274 g/mol. The van der Waals surface area contributed by atoms with Gasteiger partial charge >= 0.3 is 6.09 Å². The highest BCUT2D eigenvalue weighted by Crippen LogP contribution is 2.10. The molecule has 0 heterocycles. The molecule has 1 rings (SSSR count). The summed E-state index contributed by atoms with van der Waals surface area (Å²) in [6, 6.07) is 10.7. The first-order valence-corrected chi connectivity index (χ1v) is 5.97. The van der Waals surface area contributed by atoms with Gasteiger partial charge in [0.05, 0.1) is 24.9 Å². The number of carbonyl (C=O) groups excluding carboxylic acids is 2. The molecule has 1 aromatic rings. The third-order valence-electron chi connectivity index (χ3n) is 2.18. The lowest BCUT2D eigenvalue weighted by Crippen LogP contribution is -2.36. The van der Waals surface area contributed by atoms with Gasteiger partial charge in [0.1, 0.15) is 5.92 Å². The van der Waals surface area contributed by atoms with Crippen LogP contribution in [0, 0.1) is 17.2 Å². The van der Waals surface area contributed by atoms with Gasteiger partial charge in [-0.2, -0.15) is 15.5 Å². The largest absolute Gasteiger partial charge is 0.450 e. The summed E-state index contributed by atoms with van der Waals surface area (Å²) in [5, 5.41) is 18.5. The molecule has 0 radical (unpaired) electrons. The van der Waals surface area contributed by atoms with Gasteiger partial charge in [0.25, 0.3) is 0 Å². The van der Waals surface area contributed by atoms with Gasteiger partial charge in [0, 0.05) is 0 Å². The van der Waals surface area contributed by atoms with Crippen molar-refractivity contribution in [3.05, 3.63) is 30.3 Å². The standard InChI is InChI=1S/C13H14N4O3/c1-2-20-13(19)16-12(18)10(8-14)9-15-17-11-6-4-3-5-7-11/h3-7,10H,2,9H2,1H3,(H,16,18,19). The highest BCUT2D eigenvalue weighted by atomic mass is 16.5. The van der Waals surface area contributed by atoms with Crippen LogP contribution in [0.5, 0.6) is 0 Å². The molecule has 0 aromatic heterocycles. The summed E-state index contributed by atoms with van der Waals surface area (Å²) >= 11 is 0. The maximum absolute atomic E-state index is 11.6. The molecule has 0 saturated carbocycles. The topological polar surface area (TPSA) is 104 Å². The maximum Gasteiger partial charge on any atom is 0.413 e. The fourth-order valence-corrected chi connectivity index (χ4v) is 1.24. The molecule has 0 saturated heterocycles. The summed E-state index contributed by atoms with van der Waals surface area (Å²) in [4.78, 5) is 22.6. The number of nitrogens with one attached hydrogen (secondary N) is 1. The summed E-state index contributed by atoms with van der Waals surface area (Å²) < 4.78 is 4.55. The van der Waals surface area contributed by atoms with Crippen molar-refractivity contribution in [2.75, 3.05) is 13.2 Å². The third-order valence-corrected chi connectivity index (χ3v) is 2.18. The van der Waals surface area contributed by atoms with Crippen LogP contribution < -0.4 is 5.32 Å². The number of amides is 2. The van der Waals surface area contributed by atoms with Crippen LogP contribution >= 0.6 is 0 Å². The molecule has 0 aliphatic heterocycles. The van der Waals surface area contributed by atoms with Crippen LogP contribution in [0.25, 0.3) is 0 Å². The fraction of sp³-hybridized carbons (Fsp3) is 0.308. The van der Waals surface area contributed by atoms with E-state index in [0.29, 0.717) is 5.69 Å². The molecule has 7 heteroatoms. The van der Waals surface area contributed by atoms with Crippen LogP contribution in [0.3, 0.4) is 0 Å². The lowest BCUT2D eigenvalue weighted by Gasteiger charge is -2.06. The van der Waals surface area contributed by atoms with Crippen molar-refractivity contribution < 1.29 is 14.3 Å². The predicted octanol–water partition coefficient (Wildman–Crippen LogP) is 2.18. The lowest BCUT2D eigenvalue weighted by molar-refractivity contribution is -0.122. The van der Waals surface area contributed by atoms with Crippen molar-refractivity contribution in [2.45, 2.75) is 6.92 Å². The minimum Gasteiger partial charge on any atom is -0.450 e. The molecular weight excluding hydrogens is 260 g/mol. The van der Waals surface area contributed by atoms with E-state index in [1.165, 1.54) is 0 Å². The molecule has 0 fully saturated rings. The lowest BCUT2D eigenvalue weighted by atomic mass is 10.1. The van der Waals surface area contributed by atoms with Crippen molar-refractivity contribution in [2.24, 2.45) is 16.1 Å². The average molecular weight is 274 g/mol. The number of ether oxygens (including phenoxy) is 1. The molecule has 1 aromatic carbocycles. The Balaban J connectivity index is 2.51. The molecule has 1 N–H and O–H groups in total. The normalized spacial score (nSPS) is 11.6. The van der Waals surface area contributed by atoms with Gasteiger partial charge in [-0.15, -0.1) is 0 Å². The van der Waals surface area contributed by atoms with Gasteiger partial charge in [-0.3, -0.25) is 10.1 Å². The summed E-state index contributed by atoms with van der Waals surface area (Å²) in [7, 11) is 0. The molecule has 1 atom stereocenters. The highest BCUT2D eigenvalue weighted by Gasteiger charge is 2.20. The Hall–Kier alpha value is -2.75. The SMILES string of the molecule is CCOC(=O)NC(=O)C(C#N)CN=Nc1ccccc1. The Morgan fingerprint density at radius 1 is 1.40 bits per heavy atom. The second kappa shape index (κ2) is 8.37. The first-order valence-electron chi connectivity index (χ1n) is 5.97. The van der Waals surface area contributed by atoms with Crippen molar-refractivity contribution in [1.82, 2.24) is 5.32 Å². The van der Waals surface area contributed by atoms with E-state index >= 15 is 0 Å². The molecule has 20 heavy (non-hydrogen) atoms. The number of hydrogen-bond acceptors (Lipinski definition) is 6. The van der Waals surface area contributed by atoms with Crippen LogP contribution in [0.4, 0.5) is 10.5 Å². The molecule has 0 bridgehead atoms. The summed E-state index contributed by atoms with van der Waals surface area (Å²) in [5.74, 6) is -1.84. The van der Waals surface area contributed by atoms with Gasteiger partial charge in [0.15, 0.2) is 0 Å². The number of benzene rings is 1. The quantitative estimate of drug-likeness (QED) is 0.831. The molecule has 7 nitrogen and oxygen atoms in total. The Labute approximate surface area is 116 Å². The van der Waals surface area contributed by atoms with Crippen LogP contribution in [0.15, 0.2) is 40.6 Å². The van der Waals surface area contributed by atoms with Crippen molar-refractivity contribution in [3.8, 4) is 6.07 Å². The van der Waals surface area contributed by atoms with E-state index in [1.807, 2.05) is 11.4 Å². The van der Waals surface area contributed by atoms with Gasteiger partial charge < -0.3 is 4.74 Å². The van der Waals surface area contributed by atoms with E-state index in [1.54, 1.807) is 37.3 Å². The van der Waals surface area contributed by atoms with Gasteiger partial charge in [-0.05, 0) is 19.1 Å². The van der Waals surface area contributed by atoms with Crippen molar-refractivity contribution >= 4 is 17.7 Å². The summed E-state index contributed by atoms with van der Waals surface area (Å²) in [6.45, 7) is 1.63.